The van der Waals surface area contributed by atoms with Crippen molar-refractivity contribution in [2.24, 2.45) is 5.84 Å². The van der Waals surface area contributed by atoms with E-state index in [9.17, 15) is 8.78 Å². The van der Waals surface area contributed by atoms with Gasteiger partial charge >= 0.3 is 0 Å². The van der Waals surface area contributed by atoms with Gasteiger partial charge in [0.15, 0.2) is 0 Å². The van der Waals surface area contributed by atoms with E-state index in [1.807, 2.05) is 14.1 Å². The minimum Gasteiger partial charge on any atom is -0.302 e. The number of rotatable bonds is 6. The topological polar surface area (TPSA) is 41.3 Å². The molecule has 1 aromatic rings. The highest BCUT2D eigenvalue weighted by Gasteiger charge is 2.34. The fraction of sp³-hybridized carbons (Fsp3) is 0.571. The fourth-order valence-electron chi connectivity index (χ4n) is 2.24. The van der Waals surface area contributed by atoms with Crippen molar-refractivity contribution in [3.8, 4) is 0 Å². The maximum absolute atomic E-state index is 13.7. The molecule has 0 aliphatic carbocycles. The predicted octanol–water partition coefficient (Wildman–Crippen LogP) is 2.07. The number of hydrogen-bond acceptors (Lipinski definition) is 3. The largest absolute Gasteiger partial charge is 0.302 e. The Hall–Kier alpha value is -1.04. The smallest absolute Gasteiger partial charge is 0.129 e. The molecule has 19 heavy (non-hydrogen) atoms. The number of halogens is 2. The summed E-state index contributed by atoms with van der Waals surface area (Å²) in [5.74, 6) is 4.53. The first kappa shape index (κ1) is 16.0. The van der Waals surface area contributed by atoms with Gasteiger partial charge in [-0.3, -0.25) is 11.3 Å². The highest BCUT2D eigenvalue weighted by Crippen LogP contribution is 2.24. The summed E-state index contributed by atoms with van der Waals surface area (Å²) in [6.45, 7) is 4.13. The third-order valence-electron chi connectivity index (χ3n) is 4.13. The molecule has 0 radical (unpaired) electrons. The van der Waals surface area contributed by atoms with Gasteiger partial charge in [0.25, 0.3) is 0 Å². The van der Waals surface area contributed by atoms with Gasteiger partial charge in [-0.05, 0) is 45.5 Å². The Morgan fingerprint density at radius 3 is 2.42 bits per heavy atom. The monoisotopic (exact) mass is 271 g/mol. The SMILES string of the molecule is CCC(C)(C(Cc1ccc(F)cc1F)NN)N(C)C. The molecule has 3 nitrogen and oxygen atoms in total. The van der Waals surface area contributed by atoms with Crippen LogP contribution in [0, 0.1) is 11.6 Å². The van der Waals surface area contributed by atoms with Crippen molar-refractivity contribution in [1.82, 2.24) is 10.3 Å². The molecule has 1 rings (SSSR count). The van der Waals surface area contributed by atoms with Crippen molar-refractivity contribution in [3.63, 3.8) is 0 Å². The average molecular weight is 271 g/mol. The van der Waals surface area contributed by atoms with Crippen LogP contribution in [0.4, 0.5) is 8.78 Å². The van der Waals surface area contributed by atoms with Gasteiger partial charge < -0.3 is 4.90 Å². The summed E-state index contributed by atoms with van der Waals surface area (Å²) >= 11 is 0. The zero-order chi connectivity index (χ0) is 14.6. The van der Waals surface area contributed by atoms with Crippen molar-refractivity contribution >= 4 is 0 Å². The number of nitrogens with zero attached hydrogens (tertiary/aromatic N) is 1. The first-order valence-electron chi connectivity index (χ1n) is 6.42. The highest BCUT2D eigenvalue weighted by atomic mass is 19.1. The van der Waals surface area contributed by atoms with E-state index >= 15 is 0 Å². The summed E-state index contributed by atoms with van der Waals surface area (Å²) in [5.41, 5.74) is 3.01. The van der Waals surface area contributed by atoms with Gasteiger partial charge in [-0.15, -0.1) is 0 Å². The Morgan fingerprint density at radius 2 is 2.00 bits per heavy atom. The summed E-state index contributed by atoms with van der Waals surface area (Å²) in [4.78, 5) is 2.07. The molecular weight excluding hydrogens is 248 g/mol. The number of nitrogens with one attached hydrogen (secondary N) is 1. The van der Waals surface area contributed by atoms with Gasteiger partial charge in [0.2, 0.25) is 0 Å². The molecule has 108 valence electrons. The molecule has 3 N–H and O–H groups in total. The van der Waals surface area contributed by atoms with Crippen LogP contribution >= 0.6 is 0 Å². The third-order valence-corrected chi connectivity index (χ3v) is 4.13. The average Bonchev–Trinajstić information content (AvgIpc) is 2.36. The first-order valence-corrected chi connectivity index (χ1v) is 6.42. The quantitative estimate of drug-likeness (QED) is 0.615. The van der Waals surface area contributed by atoms with Crippen LogP contribution in [0.25, 0.3) is 0 Å². The first-order chi connectivity index (χ1) is 8.85. The Labute approximate surface area is 113 Å². The molecule has 0 bridgehead atoms. The summed E-state index contributed by atoms with van der Waals surface area (Å²) in [7, 11) is 3.93. The maximum Gasteiger partial charge on any atom is 0.129 e. The Bertz CT molecular complexity index is 423. The van der Waals surface area contributed by atoms with Crippen LogP contribution in [0.5, 0.6) is 0 Å². The second-order valence-electron chi connectivity index (χ2n) is 5.26. The molecule has 0 saturated heterocycles. The summed E-state index contributed by atoms with van der Waals surface area (Å²) < 4.78 is 26.6. The number of likely N-dealkylation sites (N-methyl/N-ethyl adjacent to an activating group) is 1. The van der Waals surface area contributed by atoms with E-state index in [1.54, 1.807) is 0 Å². The lowest BCUT2D eigenvalue weighted by molar-refractivity contribution is 0.112. The van der Waals surface area contributed by atoms with Crippen molar-refractivity contribution in [2.75, 3.05) is 14.1 Å². The van der Waals surface area contributed by atoms with Crippen molar-refractivity contribution in [1.29, 1.82) is 0 Å². The normalized spacial score (nSPS) is 16.4. The van der Waals surface area contributed by atoms with E-state index in [-0.39, 0.29) is 11.6 Å². The van der Waals surface area contributed by atoms with Crippen LogP contribution in [-0.2, 0) is 6.42 Å². The standard InChI is InChI=1S/C14H23F2N3/c1-5-14(2,19(3)4)13(18-17)8-10-6-7-11(15)9-12(10)16/h6-7,9,13,18H,5,8,17H2,1-4H3. The molecule has 2 unspecified atom stereocenters. The van der Waals surface area contributed by atoms with Crippen LogP contribution in [-0.4, -0.2) is 30.6 Å². The Balaban J connectivity index is 2.99. The number of benzene rings is 1. The predicted molar refractivity (Wildman–Crippen MR) is 73.6 cm³/mol. The van der Waals surface area contributed by atoms with E-state index in [0.29, 0.717) is 12.0 Å². The summed E-state index contributed by atoms with van der Waals surface area (Å²) in [6, 6.07) is 3.51. The van der Waals surface area contributed by atoms with E-state index < -0.39 is 11.6 Å². The van der Waals surface area contributed by atoms with Gasteiger partial charge in [0.1, 0.15) is 11.6 Å². The van der Waals surface area contributed by atoms with E-state index in [0.717, 1.165) is 12.5 Å². The van der Waals surface area contributed by atoms with Gasteiger partial charge in [0.05, 0.1) is 0 Å². The van der Waals surface area contributed by atoms with Gasteiger partial charge in [-0.25, -0.2) is 8.78 Å². The van der Waals surface area contributed by atoms with Crippen LogP contribution in [0.3, 0.4) is 0 Å². The van der Waals surface area contributed by atoms with Crippen LogP contribution in [0.1, 0.15) is 25.8 Å². The lowest BCUT2D eigenvalue weighted by Gasteiger charge is -2.42. The summed E-state index contributed by atoms with van der Waals surface area (Å²) in [5, 5.41) is 0. The molecule has 0 spiro atoms. The summed E-state index contributed by atoms with van der Waals surface area (Å²) in [6.07, 6.45) is 1.27. The molecule has 0 fully saturated rings. The minimum absolute atomic E-state index is 0.132. The number of hydrazine groups is 1. The molecule has 5 heteroatoms. The third kappa shape index (κ3) is 3.49. The lowest BCUT2D eigenvalue weighted by Crippen LogP contribution is -2.59. The molecular formula is C14H23F2N3. The Morgan fingerprint density at radius 1 is 1.37 bits per heavy atom. The Kier molecular flexibility index (Phi) is 5.40. The van der Waals surface area contributed by atoms with Crippen LogP contribution in [0.15, 0.2) is 18.2 Å². The molecule has 1 aromatic carbocycles. The zero-order valence-electron chi connectivity index (χ0n) is 12.0. The highest BCUT2D eigenvalue weighted by molar-refractivity contribution is 5.20. The molecule has 0 heterocycles. The number of hydrogen-bond donors (Lipinski definition) is 2. The van der Waals surface area contributed by atoms with E-state index in [2.05, 4.69) is 24.2 Å². The fourth-order valence-corrected chi connectivity index (χ4v) is 2.24. The van der Waals surface area contributed by atoms with Crippen molar-refractivity contribution in [3.05, 3.63) is 35.4 Å². The molecule has 0 amide bonds. The van der Waals surface area contributed by atoms with Gasteiger partial charge in [-0.2, -0.15) is 0 Å². The van der Waals surface area contributed by atoms with Gasteiger partial charge in [-0.1, -0.05) is 13.0 Å². The lowest BCUT2D eigenvalue weighted by atomic mass is 9.84. The molecule has 0 aromatic heterocycles. The second kappa shape index (κ2) is 6.41. The maximum atomic E-state index is 13.7. The minimum atomic E-state index is -0.565. The van der Waals surface area contributed by atoms with Crippen LogP contribution < -0.4 is 11.3 Å². The second-order valence-corrected chi connectivity index (χ2v) is 5.26. The van der Waals surface area contributed by atoms with Gasteiger partial charge in [0, 0.05) is 17.6 Å². The van der Waals surface area contributed by atoms with Crippen molar-refractivity contribution in [2.45, 2.75) is 38.3 Å². The van der Waals surface area contributed by atoms with E-state index in [1.165, 1.54) is 12.1 Å². The van der Waals surface area contributed by atoms with E-state index in [4.69, 9.17) is 5.84 Å². The molecule has 0 saturated carbocycles. The molecule has 0 aliphatic rings. The number of nitrogens with two attached hydrogens (primary N) is 1. The van der Waals surface area contributed by atoms with Crippen LogP contribution in [0.2, 0.25) is 0 Å². The molecule has 2 atom stereocenters. The zero-order valence-corrected chi connectivity index (χ0v) is 12.0. The molecule has 0 aliphatic heterocycles. The van der Waals surface area contributed by atoms with Crippen molar-refractivity contribution < 1.29 is 8.78 Å².